The summed E-state index contributed by atoms with van der Waals surface area (Å²) in [6, 6.07) is 5.55. The van der Waals surface area contributed by atoms with E-state index in [9.17, 15) is 8.78 Å². The molecule has 0 fully saturated rings. The molecular formula is C11H11F2NS. The van der Waals surface area contributed by atoms with E-state index in [1.54, 1.807) is 0 Å². The summed E-state index contributed by atoms with van der Waals surface area (Å²) in [5.74, 6) is -1.14. The number of halogens is 2. The van der Waals surface area contributed by atoms with Crippen LogP contribution in [0.15, 0.2) is 23.1 Å². The van der Waals surface area contributed by atoms with Gasteiger partial charge in [-0.15, -0.1) is 11.8 Å². The maximum absolute atomic E-state index is 13.2. The van der Waals surface area contributed by atoms with Gasteiger partial charge in [-0.25, -0.2) is 8.78 Å². The lowest BCUT2D eigenvalue weighted by Crippen LogP contribution is -1.99. The van der Waals surface area contributed by atoms with Gasteiger partial charge in [-0.2, -0.15) is 5.26 Å². The molecule has 15 heavy (non-hydrogen) atoms. The van der Waals surface area contributed by atoms with Crippen molar-refractivity contribution in [3.8, 4) is 6.07 Å². The van der Waals surface area contributed by atoms with E-state index in [1.807, 2.05) is 6.92 Å². The van der Waals surface area contributed by atoms with Crippen molar-refractivity contribution in [3.05, 3.63) is 29.8 Å². The van der Waals surface area contributed by atoms with E-state index >= 15 is 0 Å². The fraction of sp³-hybridized carbons (Fsp3) is 0.364. The summed E-state index contributed by atoms with van der Waals surface area (Å²) in [4.78, 5) is 0.401. The molecule has 0 heterocycles. The van der Waals surface area contributed by atoms with E-state index in [0.29, 0.717) is 11.3 Å². The smallest absolute Gasteiger partial charge is 0.139 e. The summed E-state index contributed by atoms with van der Waals surface area (Å²) in [6.45, 7) is 1.94. The van der Waals surface area contributed by atoms with Gasteiger partial charge in [-0.1, -0.05) is 6.92 Å². The normalized spacial score (nSPS) is 12.1. The molecule has 0 aliphatic heterocycles. The lowest BCUT2D eigenvalue weighted by Gasteiger charge is -2.10. The second kappa shape index (κ2) is 5.72. The van der Waals surface area contributed by atoms with Crippen molar-refractivity contribution in [1.29, 1.82) is 5.26 Å². The van der Waals surface area contributed by atoms with E-state index < -0.39 is 11.6 Å². The molecule has 0 spiro atoms. The largest absolute Gasteiger partial charge is 0.207 e. The zero-order valence-corrected chi connectivity index (χ0v) is 9.15. The zero-order chi connectivity index (χ0) is 11.3. The topological polar surface area (TPSA) is 23.8 Å². The van der Waals surface area contributed by atoms with Crippen LogP contribution in [0.25, 0.3) is 0 Å². The van der Waals surface area contributed by atoms with Crippen molar-refractivity contribution in [3.63, 3.8) is 0 Å². The highest BCUT2D eigenvalue weighted by atomic mass is 32.2. The van der Waals surface area contributed by atoms with Crippen LogP contribution in [0.4, 0.5) is 8.78 Å². The number of benzene rings is 1. The number of thioether (sulfide) groups is 1. The van der Waals surface area contributed by atoms with Crippen LogP contribution in [0, 0.1) is 23.0 Å². The molecule has 0 N–H and O–H groups in total. The van der Waals surface area contributed by atoms with Crippen molar-refractivity contribution in [2.75, 3.05) is 0 Å². The Balaban J connectivity index is 2.75. The van der Waals surface area contributed by atoms with Crippen molar-refractivity contribution in [2.24, 2.45) is 0 Å². The quantitative estimate of drug-likeness (QED) is 0.731. The van der Waals surface area contributed by atoms with Crippen LogP contribution in [0.1, 0.15) is 19.8 Å². The Labute approximate surface area is 92.1 Å². The Hall–Kier alpha value is -1.08. The first-order valence-electron chi connectivity index (χ1n) is 4.66. The predicted molar refractivity (Wildman–Crippen MR) is 56.5 cm³/mol. The highest BCUT2D eigenvalue weighted by Gasteiger charge is 2.11. The first-order valence-corrected chi connectivity index (χ1v) is 5.54. The summed E-state index contributed by atoms with van der Waals surface area (Å²) >= 11 is 1.28. The fourth-order valence-electron chi connectivity index (χ4n) is 1.12. The van der Waals surface area contributed by atoms with E-state index in [1.165, 1.54) is 23.9 Å². The van der Waals surface area contributed by atoms with Gasteiger partial charge in [-0.05, 0) is 18.6 Å². The third-order valence-corrected chi connectivity index (χ3v) is 3.38. The van der Waals surface area contributed by atoms with Crippen LogP contribution < -0.4 is 0 Å². The molecule has 1 nitrogen and oxygen atoms in total. The Bertz CT molecular complexity index is 373. The second-order valence-corrected chi connectivity index (χ2v) is 4.43. The molecule has 1 aromatic carbocycles. The van der Waals surface area contributed by atoms with Crippen molar-refractivity contribution in [2.45, 2.75) is 29.9 Å². The third kappa shape index (κ3) is 3.52. The SMILES string of the molecule is CCC(CC#N)Sc1ccc(F)cc1F. The molecule has 1 rings (SSSR count). The standard InChI is InChI=1S/C11H11F2NS/c1-2-9(5-6-14)15-11-4-3-8(12)7-10(11)13/h3-4,7,9H,2,5H2,1H3. The Morgan fingerprint density at radius 1 is 1.47 bits per heavy atom. The minimum absolute atomic E-state index is 0.0648. The first-order chi connectivity index (χ1) is 7.17. The molecule has 0 aliphatic rings. The fourth-order valence-corrected chi connectivity index (χ4v) is 2.12. The number of hydrogen-bond acceptors (Lipinski definition) is 2. The Kier molecular flexibility index (Phi) is 4.57. The van der Waals surface area contributed by atoms with Crippen LogP contribution in [-0.2, 0) is 0 Å². The lowest BCUT2D eigenvalue weighted by molar-refractivity contribution is 0.565. The number of rotatable bonds is 4. The summed E-state index contributed by atoms with van der Waals surface area (Å²) in [7, 11) is 0. The number of nitrogens with zero attached hydrogens (tertiary/aromatic N) is 1. The molecular weight excluding hydrogens is 216 g/mol. The summed E-state index contributed by atoms with van der Waals surface area (Å²) in [5, 5.41) is 8.61. The second-order valence-electron chi connectivity index (χ2n) is 3.09. The van der Waals surface area contributed by atoms with Gasteiger partial charge in [0.2, 0.25) is 0 Å². The van der Waals surface area contributed by atoms with Gasteiger partial charge in [-0.3, -0.25) is 0 Å². The predicted octanol–water partition coefficient (Wildman–Crippen LogP) is 3.75. The van der Waals surface area contributed by atoms with Gasteiger partial charge in [0.1, 0.15) is 11.6 Å². The van der Waals surface area contributed by atoms with E-state index in [-0.39, 0.29) is 5.25 Å². The molecule has 0 saturated heterocycles. The monoisotopic (exact) mass is 227 g/mol. The van der Waals surface area contributed by atoms with Crippen LogP contribution in [0.3, 0.4) is 0 Å². The van der Waals surface area contributed by atoms with Gasteiger partial charge in [0.05, 0.1) is 6.07 Å². The maximum Gasteiger partial charge on any atom is 0.139 e. The molecule has 80 valence electrons. The molecule has 0 aromatic heterocycles. The molecule has 4 heteroatoms. The van der Waals surface area contributed by atoms with Gasteiger partial charge >= 0.3 is 0 Å². The average molecular weight is 227 g/mol. The molecule has 0 aliphatic carbocycles. The molecule has 1 aromatic rings. The van der Waals surface area contributed by atoms with Crippen LogP contribution >= 0.6 is 11.8 Å². The zero-order valence-electron chi connectivity index (χ0n) is 8.34. The highest BCUT2D eigenvalue weighted by molar-refractivity contribution is 8.00. The lowest BCUT2D eigenvalue weighted by atomic mass is 10.3. The van der Waals surface area contributed by atoms with Gasteiger partial charge < -0.3 is 0 Å². The number of nitriles is 1. The highest BCUT2D eigenvalue weighted by Crippen LogP contribution is 2.29. The summed E-state index contributed by atoms with van der Waals surface area (Å²) in [6.07, 6.45) is 1.16. The molecule has 1 atom stereocenters. The van der Waals surface area contributed by atoms with E-state index in [2.05, 4.69) is 6.07 Å². The van der Waals surface area contributed by atoms with Crippen LogP contribution in [-0.4, -0.2) is 5.25 Å². The van der Waals surface area contributed by atoms with Gasteiger partial charge in [0.15, 0.2) is 0 Å². The molecule has 0 saturated carbocycles. The van der Waals surface area contributed by atoms with Gasteiger partial charge in [0.25, 0.3) is 0 Å². The maximum atomic E-state index is 13.2. The average Bonchev–Trinajstić information content (AvgIpc) is 2.21. The third-order valence-electron chi connectivity index (χ3n) is 1.96. The Morgan fingerprint density at radius 2 is 2.20 bits per heavy atom. The van der Waals surface area contributed by atoms with Crippen LogP contribution in [0.5, 0.6) is 0 Å². The minimum atomic E-state index is -0.579. The molecule has 1 unspecified atom stereocenters. The van der Waals surface area contributed by atoms with Crippen molar-refractivity contribution in [1.82, 2.24) is 0 Å². The van der Waals surface area contributed by atoms with E-state index in [0.717, 1.165) is 12.5 Å². The first kappa shape index (κ1) is 12.0. The van der Waals surface area contributed by atoms with Crippen LogP contribution in [0.2, 0.25) is 0 Å². The van der Waals surface area contributed by atoms with E-state index in [4.69, 9.17) is 5.26 Å². The number of hydrogen-bond donors (Lipinski definition) is 0. The Morgan fingerprint density at radius 3 is 2.73 bits per heavy atom. The van der Waals surface area contributed by atoms with Crippen molar-refractivity contribution >= 4 is 11.8 Å². The minimum Gasteiger partial charge on any atom is -0.207 e. The molecule has 0 amide bonds. The molecule has 0 bridgehead atoms. The summed E-state index contributed by atoms with van der Waals surface area (Å²) < 4.78 is 25.9. The summed E-state index contributed by atoms with van der Waals surface area (Å²) in [5.41, 5.74) is 0. The molecule has 0 radical (unpaired) electrons. The van der Waals surface area contributed by atoms with Crippen molar-refractivity contribution < 1.29 is 8.78 Å². The van der Waals surface area contributed by atoms with Gasteiger partial charge in [0, 0.05) is 22.6 Å².